The van der Waals surface area contributed by atoms with Crippen LogP contribution < -0.4 is 5.32 Å². The molecule has 3 aromatic rings. The van der Waals surface area contributed by atoms with Gasteiger partial charge in [-0.1, -0.05) is 18.2 Å². The molecule has 24 heavy (non-hydrogen) atoms. The molecule has 1 aliphatic rings. The molecule has 1 aliphatic heterocycles. The van der Waals surface area contributed by atoms with Crippen molar-refractivity contribution in [2.24, 2.45) is 5.92 Å². The first kappa shape index (κ1) is 14.9. The van der Waals surface area contributed by atoms with E-state index in [1.165, 1.54) is 0 Å². The third-order valence-electron chi connectivity index (χ3n) is 4.48. The largest absolute Gasteiger partial charge is 0.381 e. The molecule has 0 saturated carbocycles. The molecular weight excluding hydrogens is 302 g/mol. The summed E-state index contributed by atoms with van der Waals surface area (Å²) in [7, 11) is 0. The maximum atomic E-state index is 12.2. The third kappa shape index (κ3) is 3.03. The molecule has 2 N–H and O–H groups in total. The van der Waals surface area contributed by atoms with Gasteiger partial charge < -0.3 is 15.0 Å². The van der Waals surface area contributed by atoms with Crippen molar-refractivity contribution in [1.82, 2.24) is 15.3 Å². The van der Waals surface area contributed by atoms with Crippen molar-refractivity contribution in [3.8, 4) is 11.1 Å². The summed E-state index contributed by atoms with van der Waals surface area (Å²) in [6.45, 7) is 2.22. The minimum Gasteiger partial charge on any atom is -0.381 e. The Morgan fingerprint density at radius 1 is 1.21 bits per heavy atom. The molecule has 2 aromatic carbocycles. The molecule has 2 heterocycles. The molecule has 4 rings (SSSR count). The van der Waals surface area contributed by atoms with Crippen LogP contribution in [-0.4, -0.2) is 35.6 Å². The summed E-state index contributed by atoms with van der Waals surface area (Å²) in [5.74, 6) is 0.409. The Morgan fingerprint density at radius 2 is 2.04 bits per heavy atom. The fourth-order valence-electron chi connectivity index (χ4n) is 3.01. The number of rotatable bonds is 4. The number of nitrogens with one attached hydrogen (secondary N) is 2. The van der Waals surface area contributed by atoms with Crippen molar-refractivity contribution in [3.63, 3.8) is 0 Å². The minimum atomic E-state index is -0.0301. The highest BCUT2D eigenvalue weighted by atomic mass is 16.5. The van der Waals surface area contributed by atoms with E-state index in [1.807, 2.05) is 36.4 Å². The van der Waals surface area contributed by atoms with Crippen LogP contribution in [0.2, 0.25) is 0 Å². The minimum absolute atomic E-state index is 0.0301. The number of hydrogen-bond acceptors (Lipinski definition) is 3. The highest BCUT2D eigenvalue weighted by Gasteiger charge is 2.16. The number of ether oxygens (including phenoxy) is 1. The molecule has 1 aromatic heterocycles. The lowest BCUT2D eigenvalue weighted by atomic mass is 10.0. The normalized spacial score (nSPS) is 17.2. The molecule has 1 fully saturated rings. The van der Waals surface area contributed by atoms with Crippen LogP contribution in [0.3, 0.4) is 0 Å². The van der Waals surface area contributed by atoms with Gasteiger partial charge >= 0.3 is 0 Å². The van der Waals surface area contributed by atoms with Gasteiger partial charge in [-0.2, -0.15) is 0 Å². The second-order valence-corrected chi connectivity index (χ2v) is 6.15. The molecule has 0 aliphatic carbocycles. The van der Waals surface area contributed by atoms with Gasteiger partial charge in [-0.3, -0.25) is 4.79 Å². The van der Waals surface area contributed by atoms with Crippen molar-refractivity contribution >= 4 is 16.9 Å². The Labute approximate surface area is 140 Å². The first-order valence-electron chi connectivity index (χ1n) is 8.19. The van der Waals surface area contributed by atoms with E-state index in [1.54, 1.807) is 6.33 Å². The predicted octanol–water partition coefficient (Wildman–Crippen LogP) is 3.00. The highest BCUT2D eigenvalue weighted by molar-refractivity contribution is 5.94. The Hall–Kier alpha value is -2.66. The van der Waals surface area contributed by atoms with E-state index >= 15 is 0 Å². The van der Waals surface area contributed by atoms with Gasteiger partial charge in [0.2, 0.25) is 0 Å². The number of aromatic amines is 1. The van der Waals surface area contributed by atoms with Gasteiger partial charge in [0, 0.05) is 24.6 Å². The van der Waals surface area contributed by atoms with Crippen molar-refractivity contribution in [1.29, 1.82) is 0 Å². The molecule has 0 bridgehead atoms. The summed E-state index contributed by atoms with van der Waals surface area (Å²) in [5.41, 5.74) is 4.81. The number of imidazole rings is 1. The fourth-order valence-corrected chi connectivity index (χ4v) is 3.01. The topological polar surface area (TPSA) is 67.0 Å². The van der Waals surface area contributed by atoms with Gasteiger partial charge in [-0.15, -0.1) is 0 Å². The van der Waals surface area contributed by atoms with Crippen LogP contribution in [0.4, 0.5) is 0 Å². The average Bonchev–Trinajstić information content (AvgIpc) is 3.30. The van der Waals surface area contributed by atoms with Gasteiger partial charge in [-0.05, 0) is 41.8 Å². The van der Waals surface area contributed by atoms with Crippen molar-refractivity contribution in [2.75, 3.05) is 19.8 Å². The van der Waals surface area contributed by atoms with Crippen LogP contribution in [0.1, 0.15) is 16.8 Å². The van der Waals surface area contributed by atoms with E-state index in [0.29, 0.717) is 18.0 Å². The molecule has 1 saturated heterocycles. The van der Waals surface area contributed by atoms with E-state index in [9.17, 15) is 4.79 Å². The van der Waals surface area contributed by atoms with E-state index in [0.717, 1.165) is 41.8 Å². The van der Waals surface area contributed by atoms with Crippen molar-refractivity contribution in [3.05, 3.63) is 54.4 Å². The summed E-state index contributed by atoms with van der Waals surface area (Å²) < 4.78 is 5.33. The van der Waals surface area contributed by atoms with Crippen LogP contribution >= 0.6 is 0 Å². The van der Waals surface area contributed by atoms with Crippen molar-refractivity contribution in [2.45, 2.75) is 6.42 Å². The monoisotopic (exact) mass is 321 g/mol. The summed E-state index contributed by atoms with van der Waals surface area (Å²) >= 11 is 0. The molecule has 0 unspecified atom stereocenters. The summed E-state index contributed by atoms with van der Waals surface area (Å²) in [6.07, 6.45) is 2.71. The lowest BCUT2D eigenvalue weighted by Crippen LogP contribution is -2.29. The average molecular weight is 321 g/mol. The molecular formula is C19H19N3O2. The second kappa shape index (κ2) is 6.45. The standard InChI is InChI=1S/C19H19N3O2/c23-19(20-10-13-7-8-24-11-13)15-3-1-14(2-4-15)16-5-6-17-18(9-16)22-12-21-17/h1-6,9,12-13H,7-8,10-11H2,(H,20,23)(H,21,22)/t13-/m1/s1. The highest BCUT2D eigenvalue weighted by Crippen LogP contribution is 2.23. The first-order valence-corrected chi connectivity index (χ1v) is 8.19. The summed E-state index contributed by atoms with van der Waals surface area (Å²) in [4.78, 5) is 19.6. The molecule has 122 valence electrons. The number of benzene rings is 2. The fraction of sp³-hybridized carbons (Fsp3) is 0.263. The van der Waals surface area contributed by atoms with Crippen LogP contribution in [0.5, 0.6) is 0 Å². The second-order valence-electron chi connectivity index (χ2n) is 6.15. The number of carbonyl (C=O) groups is 1. The zero-order valence-corrected chi connectivity index (χ0v) is 13.3. The van der Waals surface area contributed by atoms with Crippen LogP contribution in [0, 0.1) is 5.92 Å². The SMILES string of the molecule is O=C(NC[C@H]1CCOC1)c1ccc(-c2ccc3nc[nH]c3c2)cc1. The summed E-state index contributed by atoms with van der Waals surface area (Å²) in [5, 5.41) is 2.99. The number of aromatic nitrogens is 2. The lowest BCUT2D eigenvalue weighted by Gasteiger charge is -2.10. The Kier molecular flexibility index (Phi) is 4.01. The van der Waals surface area contributed by atoms with Crippen LogP contribution in [-0.2, 0) is 4.74 Å². The number of hydrogen-bond donors (Lipinski definition) is 2. The van der Waals surface area contributed by atoms with Crippen molar-refractivity contribution < 1.29 is 9.53 Å². The zero-order valence-electron chi connectivity index (χ0n) is 13.3. The first-order chi connectivity index (χ1) is 11.8. The smallest absolute Gasteiger partial charge is 0.251 e. The van der Waals surface area contributed by atoms with E-state index in [-0.39, 0.29) is 5.91 Å². The van der Waals surface area contributed by atoms with Gasteiger partial charge in [0.25, 0.3) is 5.91 Å². The van der Waals surface area contributed by atoms with Crippen LogP contribution in [0.15, 0.2) is 48.8 Å². The molecule has 1 atom stereocenters. The lowest BCUT2D eigenvalue weighted by molar-refractivity contribution is 0.0945. The Balaban J connectivity index is 1.46. The zero-order chi connectivity index (χ0) is 16.4. The van der Waals surface area contributed by atoms with Gasteiger partial charge in [0.05, 0.1) is 24.0 Å². The molecule has 1 amide bonds. The predicted molar refractivity (Wildman–Crippen MR) is 92.8 cm³/mol. The maximum Gasteiger partial charge on any atom is 0.251 e. The van der Waals surface area contributed by atoms with E-state index in [4.69, 9.17) is 4.74 Å². The summed E-state index contributed by atoms with van der Waals surface area (Å²) in [6, 6.07) is 13.8. The third-order valence-corrected chi connectivity index (χ3v) is 4.48. The van der Waals surface area contributed by atoms with E-state index < -0.39 is 0 Å². The molecule has 5 heteroatoms. The maximum absolute atomic E-state index is 12.2. The number of amides is 1. The number of nitrogens with zero attached hydrogens (tertiary/aromatic N) is 1. The van der Waals surface area contributed by atoms with E-state index in [2.05, 4.69) is 21.4 Å². The number of carbonyl (C=O) groups excluding carboxylic acids is 1. The van der Waals surface area contributed by atoms with Gasteiger partial charge in [0.15, 0.2) is 0 Å². The Morgan fingerprint density at radius 3 is 2.83 bits per heavy atom. The quantitative estimate of drug-likeness (QED) is 0.776. The van der Waals surface area contributed by atoms with Crippen LogP contribution in [0.25, 0.3) is 22.2 Å². The molecule has 0 radical (unpaired) electrons. The molecule has 5 nitrogen and oxygen atoms in total. The Bertz CT molecular complexity index is 848. The van der Waals surface area contributed by atoms with Gasteiger partial charge in [0.1, 0.15) is 0 Å². The number of fused-ring (bicyclic) bond motifs is 1. The number of H-pyrrole nitrogens is 1. The molecule has 0 spiro atoms. The van der Waals surface area contributed by atoms with Gasteiger partial charge in [-0.25, -0.2) is 4.98 Å².